The SMILES string of the molecule is CCCCCCCCCCCCOPC(NC)c1ccc(CO)o1.CCCCCCCCCCCCS. The Morgan fingerprint density at radius 2 is 1.22 bits per heavy atom. The third-order valence-electron chi connectivity index (χ3n) is 6.72. The second-order valence-electron chi connectivity index (χ2n) is 10.2. The van der Waals surface area contributed by atoms with Crippen LogP contribution in [-0.2, 0) is 11.1 Å². The van der Waals surface area contributed by atoms with E-state index in [1.807, 2.05) is 19.2 Å². The van der Waals surface area contributed by atoms with Crippen molar-refractivity contribution in [1.82, 2.24) is 5.32 Å². The maximum Gasteiger partial charge on any atom is 0.129 e. The summed E-state index contributed by atoms with van der Waals surface area (Å²) in [6, 6.07) is 3.72. The molecule has 0 aromatic carbocycles. The predicted molar refractivity (Wildman–Crippen MR) is 168 cm³/mol. The van der Waals surface area contributed by atoms with Crippen LogP contribution in [0.15, 0.2) is 16.5 Å². The highest BCUT2D eigenvalue weighted by Gasteiger charge is 2.14. The molecule has 0 aliphatic heterocycles. The Morgan fingerprint density at radius 3 is 1.62 bits per heavy atom. The first-order valence-electron chi connectivity index (χ1n) is 15.6. The minimum absolute atomic E-state index is 0.0565. The highest BCUT2D eigenvalue weighted by molar-refractivity contribution is 7.80. The number of thiol groups is 1. The van der Waals surface area contributed by atoms with Crippen molar-refractivity contribution in [2.45, 2.75) is 155 Å². The Labute approximate surface area is 238 Å². The zero-order valence-corrected chi connectivity index (χ0v) is 26.6. The third-order valence-corrected chi connectivity index (χ3v) is 8.22. The molecule has 2 N–H and O–H groups in total. The van der Waals surface area contributed by atoms with Crippen LogP contribution < -0.4 is 5.32 Å². The third kappa shape index (κ3) is 24.7. The molecule has 0 aliphatic carbocycles. The molecule has 0 saturated heterocycles. The molecule has 0 fully saturated rings. The number of furan rings is 1. The number of aliphatic hydroxyl groups excluding tert-OH is 1. The van der Waals surface area contributed by atoms with Crippen molar-refractivity contribution in [2.75, 3.05) is 19.4 Å². The van der Waals surface area contributed by atoms with Crippen LogP contribution in [0.2, 0.25) is 0 Å². The number of aliphatic hydroxyl groups is 1. The Balaban J connectivity index is 0.000000845. The molecule has 2 atom stereocenters. The highest BCUT2D eigenvalue weighted by atomic mass is 32.1. The van der Waals surface area contributed by atoms with Gasteiger partial charge in [0, 0.05) is 8.81 Å². The lowest BCUT2D eigenvalue weighted by Gasteiger charge is -2.13. The van der Waals surface area contributed by atoms with Crippen LogP contribution in [0.3, 0.4) is 0 Å². The molecule has 6 heteroatoms. The van der Waals surface area contributed by atoms with Gasteiger partial charge in [0.1, 0.15) is 23.9 Å². The highest BCUT2D eigenvalue weighted by Crippen LogP contribution is 2.33. The Bertz CT molecular complexity index is 548. The molecule has 0 bridgehead atoms. The van der Waals surface area contributed by atoms with Gasteiger partial charge in [-0.25, -0.2) is 0 Å². The lowest BCUT2D eigenvalue weighted by molar-refractivity contribution is 0.242. The van der Waals surface area contributed by atoms with Gasteiger partial charge in [-0.15, -0.1) is 0 Å². The monoisotopic (exact) mass is 559 g/mol. The summed E-state index contributed by atoms with van der Waals surface area (Å²) in [5.74, 6) is 2.58. The molecule has 0 saturated carbocycles. The van der Waals surface area contributed by atoms with E-state index < -0.39 is 0 Å². The van der Waals surface area contributed by atoms with Gasteiger partial charge in [0.05, 0.1) is 6.61 Å². The maximum atomic E-state index is 9.05. The summed E-state index contributed by atoms with van der Waals surface area (Å²) in [6.07, 6.45) is 27.6. The first kappa shape index (κ1) is 36.9. The van der Waals surface area contributed by atoms with Crippen LogP contribution in [0, 0.1) is 0 Å². The van der Waals surface area contributed by atoms with Crippen LogP contribution in [-0.4, -0.2) is 24.5 Å². The molecule has 1 rings (SSSR count). The first-order valence-corrected chi connectivity index (χ1v) is 17.2. The normalized spacial score (nSPS) is 12.2. The fourth-order valence-electron chi connectivity index (χ4n) is 4.30. The summed E-state index contributed by atoms with van der Waals surface area (Å²) in [5.41, 5.74) is 0. The lowest BCUT2D eigenvalue weighted by atomic mass is 10.1. The largest absolute Gasteiger partial charge is 0.461 e. The van der Waals surface area contributed by atoms with E-state index in [9.17, 15) is 0 Å². The second kappa shape index (κ2) is 30.5. The quantitative estimate of drug-likeness (QED) is 0.0600. The van der Waals surface area contributed by atoms with Gasteiger partial charge in [0.15, 0.2) is 0 Å². The molecule has 1 heterocycles. The van der Waals surface area contributed by atoms with E-state index >= 15 is 0 Å². The van der Waals surface area contributed by atoms with E-state index in [1.54, 1.807) is 0 Å². The van der Waals surface area contributed by atoms with E-state index in [0.717, 1.165) is 24.5 Å². The maximum absolute atomic E-state index is 9.05. The topological polar surface area (TPSA) is 54.6 Å². The van der Waals surface area contributed by atoms with Gasteiger partial charge in [-0.2, -0.15) is 12.6 Å². The fourth-order valence-corrected chi connectivity index (χ4v) is 5.34. The zero-order chi connectivity index (χ0) is 27.2. The minimum Gasteiger partial charge on any atom is -0.461 e. The summed E-state index contributed by atoms with van der Waals surface area (Å²) in [7, 11) is 2.25. The predicted octanol–water partition coefficient (Wildman–Crippen LogP) is 10.4. The van der Waals surface area contributed by atoms with E-state index in [-0.39, 0.29) is 12.4 Å². The smallest absolute Gasteiger partial charge is 0.129 e. The van der Waals surface area contributed by atoms with E-state index in [1.165, 1.54) is 122 Å². The van der Waals surface area contributed by atoms with Gasteiger partial charge in [0.25, 0.3) is 0 Å². The zero-order valence-electron chi connectivity index (χ0n) is 24.7. The van der Waals surface area contributed by atoms with Crippen LogP contribution in [0.5, 0.6) is 0 Å². The number of hydrogen-bond donors (Lipinski definition) is 3. The Kier molecular flexibility index (Phi) is 30.4. The van der Waals surface area contributed by atoms with Crippen LogP contribution in [0.4, 0.5) is 0 Å². The molecule has 1 aromatic heterocycles. The molecule has 220 valence electrons. The average Bonchev–Trinajstić information content (AvgIpc) is 3.40. The van der Waals surface area contributed by atoms with Crippen molar-refractivity contribution in [3.63, 3.8) is 0 Å². The van der Waals surface area contributed by atoms with E-state index in [2.05, 4.69) is 31.8 Å². The van der Waals surface area contributed by atoms with Gasteiger partial charge in [-0.1, -0.05) is 129 Å². The van der Waals surface area contributed by atoms with Crippen molar-refractivity contribution in [2.24, 2.45) is 0 Å². The fraction of sp³-hybridized carbons (Fsp3) is 0.871. The molecule has 2 unspecified atom stereocenters. The van der Waals surface area contributed by atoms with Crippen LogP contribution >= 0.6 is 21.4 Å². The van der Waals surface area contributed by atoms with Crippen molar-refractivity contribution < 1.29 is 14.0 Å². The lowest BCUT2D eigenvalue weighted by Crippen LogP contribution is -2.11. The standard InChI is InChI=1S/C19H36NO3P.C12H26S/c1-3-4-5-6-7-8-9-10-11-12-15-22-24-19(20-2)18-14-13-17(16-21)23-18;1-2-3-4-5-6-7-8-9-10-11-12-13/h13-14,19-21,24H,3-12,15-16H2,1-2H3;13H,2-12H2,1H3. The van der Waals surface area contributed by atoms with Crippen molar-refractivity contribution in [3.05, 3.63) is 23.7 Å². The van der Waals surface area contributed by atoms with Gasteiger partial charge >= 0.3 is 0 Å². The van der Waals surface area contributed by atoms with Crippen LogP contribution in [0.1, 0.15) is 160 Å². The molecule has 0 spiro atoms. The molecule has 37 heavy (non-hydrogen) atoms. The van der Waals surface area contributed by atoms with Gasteiger partial charge in [-0.3, -0.25) is 0 Å². The minimum atomic E-state index is -0.0565. The summed E-state index contributed by atoms with van der Waals surface area (Å²) >= 11 is 4.20. The van der Waals surface area contributed by atoms with E-state index in [4.69, 9.17) is 14.0 Å². The summed E-state index contributed by atoms with van der Waals surface area (Å²) in [5, 5.41) is 12.3. The number of hydrogen-bond acceptors (Lipinski definition) is 5. The molecular weight excluding hydrogens is 497 g/mol. The van der Waals surface area contributed by atoms with Crippen molar-refractivity contribution in [1.29, 1.82) is 0 Å². The second-order valence-corrected chi connectivity index (χ2v) is 11.8. The average molecular weight is 560 g/mol. The molecule has 0 amide bonds. The summed E-state index contributed by atoms with van der Waals surface area (Å²) in [6.45, 7) is 5.31. The van der Waals surface area contributed by atoms with Gasteiger partial charge in [-0.05, 0) is 37.8 Å². The van der Waals surface area contributed by atoms with Gasteiger partial charge < -0.3 is 19.4 Å². The Hall–Kier alpha value is -0.0600. The number of unbranched alkanes of at least 4 members (excludes halogenated alkanes) is 18. The van der Waals surface area contributed by atoms with Gasteiger partial charge in [0.2, 0.25) is 0 Å². The molecule has 4 nitrogen and oxygen atoms in total. The molecular formula is C31H62NO3PS. The van der Waals surface area contributed by atoms with Crippen LogP contribution in [0.25, 0.3) is 0 Å². The summed E-state index contributed by atoms with van der Waals surface area (Å²) in [4.78, 5) is 0. The molecule has 0 aliphatic rings. The van der Waals surface area contributed by atoms with E-state index in [0.29, 0.717) is 14.6 Å². The van der Waals surface area contributed by atoms with Crippen molar-refractivity contribution >= 4 is 21.4 Å². The first-order chi connectivity index (χ1) is 18.2. The Morgan fingerprint density at radius 1 is 0.757 bits per heavy atom. The summed E-state index contributed by atoms with van der Waals surface area (Å²) < 4.78 is 11.4. The number of nitrogens with one attached hydrogen (secondary N) is 1. The van der Waals surface area contributed by atoms with Crippen molar-refractivity contribution in [3.8, 4) is 0 Å². The molecule has 1 aromatic rings. The molecule has 0 radical (unpaired) electrons. The number of rotatable bonds is 26.